The number of rotatable bonds is 4. The highest BCUT2D eigenvalue weighted by atomic mass is 16.5. The second-order valence-corrected chi connectivity index (χ2v) is 4.38. The van der Waals surface area contributed by atoms with Crippen molar-refractivity contribution in [3.8, 4) is 5.75 Å². The Kier molecular flexibility index (Phi) is 4.20. The molecule has 0 aliphatic carbocycles. The highest BCUT2D eigenvalue weighted by Gasteiger charge is 2.26. The van der Waals surface area contributed by atoms with Crippen LogP contribution in [0.1, 0.15) is 31.4 Å². The Hall–Kier alpha value is -1.55. The smallest absolute Gasteiger partial charge is 0.322 e. The van der Waals surface area contributed by atoms with Crippen LogP contribution in [0.15, 0.2) is 24.3 Å². The van der Waals surface area contributed by atoms with Crippen molar-refractivity contribution < 1.29 is 14.3 Å². The van der Waals surface area contributed by atoms with Crippen LogP contribution in [0.2, 0.25) is 0 Å². The molecule has 0 bridgehead atoms. The first-order valence-corrected chi connectivity index (χ1v) is 6.31. The summed E-state index contributed by atoms with van der Waals surface area (Å²) in [7, 11) is 1.42. The van der Waals surface area contributed by atoms with Gasteiger partial charge in [0.15, 0.2) is 0 Å². The maximum Gasteiger partial charge on any atom is 0.322 e. The van der Waals surface area contributed by atoms with E-state index < -0.39 is 0 Å². The number of methoxy groups -OCH3 is 1. The lowest BCUT2D eigenvalue weighted by molar-refractivity contribution is -0.143. The molecule has 1 aromatic carbocycles. The molecule has 0 spiro atoms. The van der Waals surface area contributed by atoms with Gasteiger partial charge >= 0.3 is 5.97 Å². The predicted octanol–water partition coefficient (Wildman–Crippen LogP) is 2.05. The van der Waals surface area contributed by atoms with Gasteiger partial charge in [-0.1, -0.05) is 25.1 Å². The summed E-state index contributed by atoms with van der Waals surface area (Å²) in [6, 6.07) is 7.84. The number of hydrogen-bond acceptors (Lipinski definition) is 4. The maximum atomic E-state index is 11.6. The summed E-state index contributed by atoms with van der Waals surface area (Å²) in [5, 5.41) is 3.36. The summed E-state index contributed by atoms with van der Waals surface area (Å²) in [5.74, 6) is 0.697. The molecule has 1 N–H and O–H groups in total. The van der Waals surface area contributed by atoms with Crippen LogP contribution in [0.3, 0.4) is 0 Å². The molecule has 4 nitrogen and oxygen atoms in total. The minimum Gasteiger partial charge on any atom is -0.493 e. The quantitative estimate of drug-likeness (QED) is 0.830. The predicted molar refractivity (Wildman–Crippen MR) is 68.5 cm³/mol. The lowest BCUT2D eigenvalue weighted by Gasteiger charge is -2.29. The van der Waals surface area contributed by atoms with E-state index in [4.69, 9.17) is 9.47 Å². The lowest BCUT2D eigenvalue weighted by Crippen LogP contribution is -2.41. The number of hydrogen-bond donors (Lipinski definition) is 1. The monoisotopic (exact) mass is 249 g/mol. The molecule has 2 atom stereocenters. The average molecular weight is 249 g/mol. The molecule has 0 fully saturated rings. The Morgan fingerprint density at radius 3 is 3.06 bits per heavy atom. The van der Waals surface area contributed by atoms with E-state index in [1.54, 1.807) is 0 Å². The summed E-state index contributed by atoms with van der Waals surface area (Å²) < 4.78 is 10.4. The van der Waals surface area contributed by atoms with Crippen LogP contribution >= 0.6 is 0 Å². The van der Waals surface area contributed by atoms with Gasteiger partial charge in [0.1, 0.15) is 11.8 Å². The summed E-state index contributed by atoms with van der Waals surface area (Å²) in [4.78, 5) is 11.6. The number of ether oxygens (including phenoxy) is 2. The Morgan fingerprint density at radius 2 is 2.33 bits per heavy atom. The van der Waals surface area contributed by atoms with Gasteiger partial charge in [-0.15, -0.1) is 0 Å². The Balaban J connectivity index is 2.13. The van der Waals surface area contributed by atoms with Crippen LogP contribution in [0.5, 0.6) is 5.75 Å². The minimum absolute atomic E-state index is 0.152. The molecular weight excluding hydrogens is 230 g/mol. The SMILES string of the molecule is CCC(NC1CCOc2ccccc21)C(=O)OC. The summed E-state index contributed by atoms with van der Waals surface area (Å²) in [6.07, 6.45) is 1.58. The normalized spacial score (nSPS) is 19.6. The summed E-state index contributed by atoms with van der Waals surface area (Å²) in [5.41, 5.74) is 1.12. The number of esters is 1. The van der Waals surface area contributed by atoms with Gasteiger partial charge in [-0.05, 0) is 12.5 Å². The Morgan fingerprint density at radius 1 is 1.56 bits per heavy atom. The Labute approximate surface area is 107 Å². The molecule has 1 aliphatic rings. The molecule has 2 rings (SSSR count). The van der Waals surface area contributed by atoms with Crippen molar-refractivity contribution >= 4 is 5.97 Å². The summed E-state index contributed by atoms with van der Waals surface area (Å²) >= 11 is 0. The van der Waals surface area contributed by atoms with Gasteiger partial charge in [0, 0.05) is 18.0 Å². The van der Waals surface area contributed by atoms with Crippen molar-refractivity contribution in [1.29, 1.82) is 0 Å². The van der Waals surface area contributed by atoms with Gasteiger partial charge in [-0.3, -0.25) is 10.1 Å². The standard InChI is InChI=1S/C14H19NO3/c1-3-11(14(16)17-2)15-12-8-9-18-13-7-5-4-6-10(12)13/h4-7,11-12,15H,3,8-9H2,1-2H3. The Bertz CT molecular complexity index is 419. The van der Waals surface area contributed by atoms with Crippen LogP contribution < -0.4 is 10.1 Å². The molecule has 98 valence electrons. The van der Waals surface area contributed by atoms with E-state index in [1.165, 1.54) is 7.11 Å². The fourth-order valence-electron chi connectivity index (χ4n) is 2.25. The lowest BCUT2D eigenvalue weighted by atomic mass is 9.99. The van der Waals surface area contributed by atoms with E-state index >= 15 is 0 Å². The zero-order valence-electron chi connectivity index (χ0n) is 10.8. The van der Waals surface area contributed by atoms with Crippen molar-refractivity contribution in [3.05, 3.63) is 29.8 Å². The second kappa shape index (κ2) is 5.87. The number of benzene rings is 1. The van der Waals surface area contributed by atoms with Crippen molar-refractivity contribution in [2.75, 3.05) is 13.7 Å². The van der Waals surface area contributed by atoms with E-state index in [-0.39, 0.29) is 18.1 Å². The van der Waals surface area contributed by atoms with E-state index in [9.17, 15) is 4.79 Å². The van der Waals surface area contributed by atoms with Gasteiger partial charge in [-0.2, -0.15) is 0 Å². The zero-order chi connectivity index (χ0) is 13.0. The molecule has 0 saturated heterocycles. The van der Waals surface area contributed by atoms with E-state index in [1.807, 2.05) is 31.2 Å². The van der Waals surface area contributed by atoms with Gasteiger partial charge in [0.2, 0.25) is 0 Å². The van der Waals surface area contributed by atoms with Crippen molar-refractivity contribution in [2.45, 2.75) is 31.8 Å². The van der Waals surface area contributed by atoms with Crippen LogP contribution in [-0.4, -0.2) is 25.7 Å². The molecule has 0 amide bonds. The highest BCUT2D eigenvalue weighted by Crippen LogP contribution is 2.31. The first kappa shape index (κ1) is 12.9. The van der Waals surface area contributed by atoms with Crippen molar-refractivity contribution in [1.82, 2.24) is 5.32 Å². The third-order valence-electron chi connectivity index (χ3n) is 3.25. The van der Waals surface area contributed by atoms with Crippen LogP contribution in [0.25, 0.3) is 0 Å². The fourth-order valence-corrected chi connectivity index (χ4v) is 2.25. The molecule has 18 heavy (non-hydrogen) atoms. The highest BCUT2D eigenvalue weighted by molar-refractivity contribution is 5.75. The molecule has 2 unspecified atom stereocenters. The van der Waals surface area contributed by atoms with E-state index in [0.717, 1.165) is 17.7 Å². The molecule has 1 aromatic rings. The van der Waals surface area contributed by atoms with Crippen molar-refractivity contribution in [3.63, 3.8) is 0 Å². The van der Waals surface area contributed by atoms with Crippen LogP contribution in [0, 0.1) is 0 Å². The van der Waals surface area contributed by atoms with E-state index in [2.05, 4.69) is 5.32 Å². The molecule has 1 aliphatic heterocycles. The van der Waals surface area contributed by atoms with Crippen molar-refractivity contribution in [2.24, 2.45) is 0 Å². The largest absolute Gasteiger partial charge is 0.493 e. The third kappa shape index (κ3) is 2.64. The van der Waals surface area contributed by atoms with Crippen LogP contribution in [0.4, 0.5) is 0 Å². The van der Waals surface area contributed by atoms with Gasteiger partial charge in [0.05, 0.1) is 13.7 Å². The molecular formula is C14H19NO3. The number of carbonyl (C=O) groups excluding carboxylic acids is 1. The second-order valence-electron chi connectivity index (χ2n) is 4.38. The number of carbonyl (C=O) groups is 1. The van der Waals surface area contributed by atoms with Gasteiger partial charge in [0.25, 0.3) is 0 Å². The molecule has 0 radical (unpaired) electrons. The number of nitrogens with one attached hydrogen (secondary N) is 1. The molecule has 1 heterocycles. The molecule has 0 saturated carbocycles. The first-order chi connectivity index (χ1) is 8.76. The minimum atomic E-state index is -0.258. The average Bonchev–Trinajstić information content (AvgIpc) is 2.44. The third-order valence-corrected chi connectivity index (χ3v) is 3.25. The van der Waals surface area contributed by atoms with Gasteiger partial charge in [-0.25, -0.2) is 0 Å². The maximum absolute atomic E-state index is 11.6. The summed E-state index contributed by atoms with van der Waals surface area (Å²) in [6.45, 7) is 2.64. The zero-order valence-corrected chi connectivity index (χ0v) is 10.8. The molecule has 0 aromatic heterocycles. The fraction of sp³-hybridized carbons (Fsp3) is 0.500. The number of para-hydroxylation sites is 1. The first-order valence-electron chi connectivity index (χ1n) is 6.31. The topological polar surface area (TPSA) is 47.6 Å². The van der Waals surface area contributed by atoms with E-state index in [0.29, 0.717) is 13.0 Å². The molecule has 4 heteroatoms. The number of fused-ring (bicyclic) bond motifs is 1. The van der Waals surface area contributed by atoms with Gasteiger partial charge < -0.3 is 9.47 Å². The van der Waals surface area contributed by atoms with Crippen LogP contribution in [-0.2, 0) is 9.53 Å².